The predicted molar refractivity (Wildman–Crippen MR) is 119 cm³/mol. The fraction of sp³-hybridized carbons (Fsp3) is 0.538. The molecule has 28 heavy (non-hydrogen) atoms. The summed E-state index contributed by atoms with van der Waals surface area (Å²) in [5.74, 6) is 0.679. The summed E-state index contributed by atoms with van der Waals surface area (Å²) in [6.07, 6.45) is 15.5. The molecule has 154 valence electrons. The van der Waals surface area contributed by atoms with Crippen LogP contribution in [0.1, 0.15) is 101 Å². The number of phenolic OH excluding ortho intramolecular Hbond substituents is 2. The van der Waals surface area contributed by atoms with Crippen molar-refractivity contribution in [3.05, 3.63) is 59.7 Å². The molecule has 0 radical (unpaired) electrons. The lowest BCUT2D eigenvalue weighted by atomic mass is 9.85. The predicted octanol–water partition coefficient (Wildman–Crippen LogP) is 7.93. The summed E-state index contributed by atoms with van der Waals surface area (Å²) in [4.78, 5) is 0. The zero-order valence-corrected chi connectivity index (χ0v) is 17.6. The van der Waals surface area contributed by atoms with Crippen molar-refractivity contribution in [2.24, 2.45) is 0 Å². The lowest BCUT2D eigenvalue weighted by Crippen LogP contribution is -2.02. The number of rotatable bonds is 14. The first kappa shape index (κ1) is 22.3. The van der Waals surface area contributed by atoms with Crippen LogP contribution in [0, 0.1) is 0 Å². The quantitative estimate of drug-likeness (QED) is 0.326. The number of benzene rings is 2. The van der Waals surface area contributed by atoms with Gasteiger partial charge in [-0.15, -0.1) is 0 Å². The average molecular weight is 383 g/mol. The number of aromatic hydroxyl groups is 2. The Kier molecular flexibility index (Phi) is 10.6. The summed E-state index contributed by atoms with van der Waals surface area (Å²) in [6.45, 7) is 2.27. The third-order valence-electron chi connectivity index (χ3n) is 5.72. The Hall–Kier alpha value is -1.96. The Balaban J connectivity index is 1.77. The first-order valence-electron chi connectivity index (χ1n) is 11.3. The molecule has 2 rings (SSSR count). The second-order valence-electron chi connectivity index (χ2n) is 7.99. The molecule has 0 aromatic heterocycles. The monoisotopic (exact) mass is 382 g/mol. The lowest BCUT2D eigenvalue weighted by molar-refractivity contribution is 0.447. The molecule has 0 spiro atoms. The zero-order chi connectivity index (χ0) is 20.0. The molecular formula is C26H38O2. The van der Waals surface area contributed by atoms with E-state index in [1.165, 1.54) is 64.2 Å². The summed E-state index contributed by atoms with van der Waals surface area (Å²) in [5.41, 5.74) is 1.83. The molecule has 0 saturated heterocycles. The summed E-state index contributed by atoms with van der Waals surface area (Å²) >= 11 is 0. The van der Waals surface area contributed by atoms with Gasteiger partial charge in [0.25, 0.3) is 0 Å². The van der Waals surface area contributed by atoms with Crippen LogP contribution in [0.3, 0.4) is 0 Å². The maximum Gasteiger partial charge on any atom is 0.119 e. The van der Waals surface area contributed by atoms with E-state index in [1.54, 1.807) is 12.1 Å². The Labute approximate surface area is 171 Å². The summed E-state index contributed by atoms with van der Waals surface area (Å²) in [5, 5.41) is 20.7. The van der Waals surface area contributed by atoms with E-state index < -0.39 is 0 Å². The van der Waals surface area contributed by atoms with Crippen molar-refractivity contribution in [1.82, 2.24) is 0 Å². The van der Waals surface area contributed by atoms with Crippen LogP contribution in [0.4, 0.5) is 0 Å². The van der Waals surface area contributed by atoms with E-state index in [-0.39, 0.29) is 5.92 Å². The molecule has 0 unspecified atom stereocenters. The number of hydrogen-bond acceptors (Lipinski definition) is 2. The standard InChI is InChI=1S/C26H38O2/c1-2-3-4-5-6-7-8-9-10-11-12-17-22(23-18-13-15-20-25(23)27)24-19-14-16-21-26(24)28/h13-16,18-22,27-28H,2-12,17H2,1H3. The van der Waals surface area contributed by atoms with Crippen molar-refractivity contribution in [3.63, 3.8) is 0 Å². The molecular weight excluding hydrogens is 344 g/mol. The number of unbranched alkanes of at least 4 members (excludes halogenated alkanes) is 10. The van der Waals surface area contributed by atoms with Gasteiger partial charge in [-0.1, -0.05) is 114 Å². The molecule has 0 aliphatic rings. The van der Waals surface area contributed by atoms with Gasteiger partial charge in [-0.3, -0.25) is 0 Å². The molecule has 2 nitrogen and oxygen atoms in total. The normalized spacial score (nSPS) is 11.2. The second kappa shape index (κ2) is 13.3. The smallest absolute Gasteiger partial charge is 0.119 e. The van der Waals surface area contributed by atoms with Gasteiger partial charge in [0.2, 0.25) is 0 Å². The SMILES string of the molecule is CCCCCCCCCCCCCC(c1ccccc1O)c1ccccc1O. The Bertz CT molecular complexity index is 619. The third kappa shape index (κ3) is 7.58. The van der Waals surface area contributed by atoms with Gasteiger partial charge in [0.15, 0.2) is 0 Å². The van der Waals surface area contributed by atoms with Crippen molar-refractivity contribution >= 4 is 0 Å². The molecule has 2 N–H and O–H groups in total. The molecule has 0 fully saturated rings. The molecule has 0 aliphatic carbocycles. The Morgan fingerprint density at radius 2 is 0.964 bits per heavy atom. The third-order valence-corrected chi connectivity index (χ3v) is 5.72. The fourth-order valence-electron chi connectivity index (χ4n) is 4.06. The van der Waals surface area contributed by atoms with Crippen molar-refractivity contribution in [2.75, 3.05) is 0 Å². The molecule has 2 aromatic rings. The molecule has 0 amide bonds. The van der Waals surface area contributed by atoms with Gasteiger partial charge in [-0.2, -0.15) is 0 Å². The van der Waals surface area contributed by atoms with Gasteiger partial charge in [-0.25, -0.2) is 0 Å². The topological polar surface area (TPSA) is 40.5 Å². The highest BCUT2D eigenvalue weighted by molar-refractivity contribution is 5.45. The summed E-state index contributed by atoms with van der Waals surface area (Å²) in [7, 11) is 0. The van der Waals surface area contributed by atoms with Crippen LogP contribution >= 0.6 is 0 Å². The van der Waals surface area contributed by atoms with Crippen LogP contribution in [-0.2, 0) is 0 Å². The van der Waals surface area contributed by atoms with Crippen LogP contribution in [0.15, 0.2) is 48.5 Å². The Morgan fingerprint density at radius 3 is 1.39 bits per heavy atom. The molecule has 2 heteroatoms. The first-order valence-corrected chi connectivity index (χ1v) is 11.3. The van der Waals surface area contributed by atoms with Crippen LogP contribution in [-0.4, -0.2) is 10.2 Å². The van der Waals surface area contributed by atoms with E-state index in [0.29, 0.717) is 11.5 Å². The van der Waals surface area contributed by atoms with E-state index in [1.807, 2.05) is 36.4 Å². The van der Waals surface area contributed by atoms with Crippen LogP contribution in [0.25, 0.3) is 0 Å². The van der Waals surface area contributed by atoms with Gasteiger partial charge >= 0.3 is 0 Å². The zero-order valence-electron chi connectivity index (χ0n) is 17.6. The minimum atomic E-state index is 0.0426. The molecule has 0 saturated carbocycles. The first-order chi connectivity index (χ1) is 13.7. The van der Waals surface area contributed by atoms with E-state index in [0.717, 1.165) is 24.0 Å². The summed E-state index contributed by atoms with van der Waals surface area (Å²) in [6, 6.07) is 15.1. The van der Waals surface area contributed by atoms with E-state index in [9.17, 15) is 10.2 Å². The van der Waals surface area contributed by atoms with Crippen molar-refractivity contribution in [2.45, 2.75) is 89.9 Å². The van der Waals surface area contributed by atoms with Crippen LogP contribution < -0.4 is 0 Å². The van der Waals surface area contributed by atoms with E-state index in [4.69, 9.17) is 0 Å². The average Bonchev–Trinajstić information content (AvgIpc) is 2.71. The van der Waals surface area contributed by atoms with E-state index >= 15 is 0 Å². The molecule has 0 aliphatic heterocycles. The minimum Gasteiger partial charge on any atom is -0.508 e. The number of phenols is 2. The number of para-hydroxylation sites is 2. The second-order valence-corrected chi connectivity index (χ2v) is 7.99. The van der Waals surface area contributed by atoms with Crippen LogP contribution in [0.2, 0.25) is 0 Å². The maximum atomic E-state index is 10.3. The van der Waals surface area contributed by atoms with Gasteiger partial charge in [-0.05, 0) is 18.6 Å². The van der Waals surface area contributed by atoms with Gasteiger partial charge in [0.1, 0.15) is 11.5 Å². The maximum absolute atomic E-state index is 10.3. The fourth-order valence-corrected chi connectivity index (χ4v) is 4.06. The number of hydrogen-bond donors (Lipinski definition) is 2. The highest BCUT2D eigenvalue weighted by Crippen LogP contribution is 2.38. The van der Waals surface area contributed by atoms with Crippen molar-refractivity contribution in [3.8, 4) is 11.5 Å². The van der Waals surface area contributed by atoms with Gasteiger partial charge in [0, 0.05) is 17.0 Å². The minimum absolute atomic E-state index is 0.0426. The van der Waals surface area contributed by atoms with Crippen molar-refractivity contribution in [1.29, 1.82) is 0 Å². The Morgan fingerprint density at radius 1 is 0.571 bits per heavy atom. The van der Waals surface area contributed by atoms with Gasteiger partial charge < -0.3 is 10.2 Å². The van der Waals surface area contributed by atoms with Gasteiger partial charge in [0.05, 0.1) is 0 Å². The largest absolute Gasteiger partial charge is 0.508 e. The van der Waals surface area contributed by atoms with Crippen LogP contribution in [0.5, 0.6) is 11.5 Å². The molecule has 0 atom stereocenters. The molecule has 0 bridgehead atoms. The van der Waals surface area contributed by atoms with E-state index in [2.05, 4.69) is 6.92 Å². The molecule has 2 aromatic carbocycles. The highest BCUT2D eigenvalue weighted by Gasteiger charge is 2.19. The highest BCUT2D eigenvalue weighted by atomic mass is 16.3. The molecule has 0 heterocycles. The lowest BCUT2D eigenvalue weighted by Gasteiger charge is -2.20. The van der Waals surface area contributed by atoms with Crippen molar-refractivity contribution < 1.29 is 10.2 Å². The summed E-state index contributed by atoms with van der Waals surface area (Å²) < 4.78 is 0.